The van der Waals surface area contributed by atoms with E-state index in [9.17, 15) is 9.59 Å². The largest absolute Gasteiger partial charge is 0.484 e. The van der Waals surface area contributed by atoms with Gasteiger partial charge in [0.25, 0.3) is 11.8 Å². The number of benzene rings is 1. The van der Waals surface area contributed by atoms with Crippen LogP contribution in [0.15, 0.2) is 24.3 Å². The topological polar surface area (TPSA) is 70.7 Å². The molecule has 2 aliphatic heterocycles. The third kappa shape index (κ3) is 4.55. The molecular formula is C20H29N3O3. The second-order valence-corrected chi connectivity index (χ2v) is 7.41. The minimum atomic E-state index is -0.0720. The number of hydrogen-bond acceptors (Lipinski definition) is 4. The van der Waals surface area contributed by atoms with Crippen LogP contribution in [0, 0.1) is 0 Å². The lowest BCUT2D eigenvalue weighted by Gasteiger charge is -2.38. The van der Waals surface area contributed by atoms with Gasteiger partial charge in [-0.1, -0.05) is 0 Å². The minimum absolute atomic E-state index is 0.0280. The van der Waals surface area contributed by atoms with E-state index in [1.54, 1.807) is 24.3 Å². The van der Waals surface area contributed by atoms with Crippen molar-refractivity contribution in [3.8, 4) is 5.75 Å². The van der Waals surface area contributed by atoms with Crippen LogP contribution < -0.4 is 15.4 Å². The van der Waals surface area contributed by atoms with Crippen LogP contribution in [0.25, 0.3) is 0 Å². The van der Waals surface area contributed by atoms with Gasteiger partial charge < -0.3 is 20.3 Å². The van der Waals surface area contributed by atoms with Gasteiger partial charge in [0.15, 0.2) is 6.61 Å². The van der Waals surface area contributed by atoms with E-state index in [0.29, 0.717) is 11.3 Å². The molecule has 1 aromatic rings. The van der Waals surface area contributed by atoms with Crippen LogP contribution in [0.2, 0.25) is 0 Å². The summed E-state index contributed by atoms with van der Waals surface area (Å²) in [6.07, 6.45) is 4.24. The van der Waals surface area contributed by atoms with E-state index in [4.69, 9.17) is 4.74 Å². The van der Waals surface area contributed by atoms with Crippen LogP contribution in [0.1, 0.15) is 49.9 Å². The van der Waals surface area contributed by atoms with Crippen LogP contribution in [0.4, 0.5) is 0 Å². The molecule has 2 saturated heterocycles. The summed E-state index contributed by atoms with van der Waals surface area (Å²) >= 11 is 0. The molecule has 0 aromatic heterocycles. The Morgan fingerprint density at radius 1 is 1.15 bits per heavy atom. The summed E-state index contributed by atoms with van der Waals surface area (Å²) in [5.74, 6) is 0.562. The lowest BCUT2D eigenvalue weighted by molar-refractivity contribution is -0.139. The zero-order chi connectivity index (χ0) is 18.5. The predicted molar refractivity (Wildman–Crippen MR) is 100 cm³/mol. The molecule has 1 aromatic carbocycles. The Morgan fingerprint density at radius 2 is 1.85 bits per heavy atom. The number of nitrogens with one attached hydrogen (secondary N) is 2. The molecule has 2 fully saturated rings. The molecule has 6 heteroatoms. The normalized spacial score (nSPS) is 25.8. The maximum atomic E-state index is 12.5. The molecule has 2 heterocycles. The smallest absolute Gasteiger partial charge is 0.260 e. The van der Waals surface area contributed by atoms with Gasteiger partial charge in [0, 0.05) is 30.2 Å². The molecular weight excluding hydrogens is 330 g/mol. The predicted octanol–water partition coefficient (Wildman–Crippen LogP) is 1.95. The number of amides is 2. The third-order valence-electron chi connectivity index (χ3n) is 5.36. The molecule has 0 bridgehead atoms. The van der Waals surface area contributed by atoms with E-state index in [-0.39, 0.29) is 36.5 Å². The Kier molecular flexibility index (Phi) is 6.14. The summed E-state index contributed by atoms with van der Waals surface area (Å²) in [6, 6.07) is 7.71. The lowest BCUT2D eigenvalue weighted by Crippen LogP contribution is -2.49. The number of rotatable bonds is 5. The van der Waals surface area contributed by atoms with Crippen molar-refractivity contribution in [1.29, 1.82) is 0 Å². The number of carbonyl (C=O) groups is 2. The van der Waals surface area contributed by atoms with Crippen LogP contribution in [-0.4, -0.2) is 54.5 Å². The zero-order valence-electron chi connectivity index (χ0n) is 15.7. The first-order chi connectivity index (χ1) is 12.5. The lowest BCUT2D eigenvalue weighted by atomic mass is 9.97. The molecule has 142 valence electrons. The summed E-state index contributed by atoms with van der Waals surface area (Å²) in [5.41, 5.74) is 0.605. The van der Waals surface area contributed by atoms with E-state index < -0.39 is 0 Å². The highest BCUT2D eigenvalue weighted by Crippen LogP contribution is 2.23. The number of likely N-dealkylation sites (tertiary alicyclic amines) is 1. The fourth-order valence-electron chi connectivity index (χ4n) is 3.88. The van der Waals surface area contributed by atoms with Crippen molar-refractivity contribution in [3.05, 3.63) is 29.8 Å². The molecule has 6 nitrogen and oxygen atoms in total. The van der Waals surface area contributed by atoms with Crippen molar-refractivity contribution in [2.24, 2.45) is 0 Å². The molecule has 0 spiro atoms. The third-order valence-corrected chi connectivity index (χ3v) is 5.36. The fourth-order valence-corrected chi connectivity index (χ4v) is 3.88. The molecule has 0 saturated carbocycles. The monoisotopic (exact) mass is 359 g/mol. The fraction of sp³-hybridized carbons (Fsp3) is 0.600. The van der Waals surface area contributed by atoms with Crippen molar-refractivity contribution >= 4 is 11.8 Å². The van der Waals surface area contributed by atoms with Crippen molar-refractivity contribution < 1.29 is 14.3 Å². The van der Waals surface area contributed by atoms with E-state index in [1.807, 2.05) is 4.90 Å². The molecule has 26 heavy (non-hydrogen) atoms. The first kappa shape index (κ1) is 18.7. The molecule has 0 radical (unpaired) electrons. The number of nitrogens with zero attached hydrogens (tertiary/aromatic N) is 1. The molecule has 2 aliphatic rings. The Balaban J connectivity index is 1.50. The SMILES string of the molecule is CC1CCCC(C)N1C(=O)COc1ccc(C(=O)NC2CCNC2)cc1. The van der Waals surface area contributed by atoms with Gasteiger partial charge in [-0.05, 0) is 70.3 Å². The maximum Gasteiger partial charge on any atom is 0.260 e. The van der Waals surface area contributed by atoms with E-state index >= 15 is 0 Å². The van der Waals surface area contributed by atoms with Crippen LogP contribution in [0.5, 0.6) is 5.75 Å². The van der Waals surface area contributed by atoms with Crippen LogP contribution in [-0.2, 0) is 4.79 Å². The van der Waals surface area contributed by atoms with Crippen LogP contribution in [0.3, 0.4) is 0 Å². The first-order valence-electron chi connectivity index (χ1n) is 9.60. The number of carbonyl (C=O) groups excluding carboxylic acids is 2. The molecule has 3 unspecified atom stereocenters. The summed E-state index contributed by atoms with van der Waals surface area (Å²) in [7, 11) is 0. The molecule has 2 amide bonds. The van der Waals surface area contributed by atoms with Crippen molar-refractivity contribution in [1.82, 2.24) is 15.5 Å². The van der Waals surface area contributed by atoms with Gasteiger partial charge >= 0.3 is 0 Å². The summed E-state index contributed by atoms with van der Waals surface area (Å²) in [4.78, 5) is 26.7. The van der Waals surface area contributed by atoms with Gasteiger partial charge in [0.2, 0.25) is 0 Å². The van der Waals surface area contributed by atoms with Crippen molar-refractivity contribution in [2.45, 2.75) is 57.7 Å². The van der Waals surface area contributed by atoms with Crippen molar-refractivity contribution in [2.75, 3.05) is 19.7 Å². The number of ether oxygens (including phenoxy) is 1. The maximum absolute atomic E-state index is 12.5. The van der Waals surface area contributed by atoms with Gasteiger partial charge in [0.1, 0.15) is 5.75 Å². The molecule has 3 rings (SSSR count). The van der Waals surface area contributed by atoms with Gasteiger partial charge in [-0.3, -0.25) is 9.59 Å². The van der Waals surface area contributed by atoms with Gasteiger partial charge in [-0.2, -0.15) is 0 Å². The second-order valence-electron chi connectivity index (χ2n) is 7.41. The molecule has 2 N–H and O–H groups in total. The number of piperidine rings is 1. The first-order valence-corrected chi connectivity index (χ1v) is 9.60. The quantitative estimate of drug-likeness (QED) is 0.843. The number of hydrogen-bond donors (Lipinski definition) is 2. The average Bonchev–Trinajstić information content (AvgIpc) is 3.13. The Hall–Kier alpha value is -2.08. The Morgan fingerprint density at radius 3 is 2.46 bits per heavy atom. The summed E-state index contributed by atoms with van der Waals surface area (Å²) in [5, 5.41) is 6.24. The Bertz CT molecular complexity index is 616. The van der Waals surface area contributed by atoms with E-state index in [0.717, 1.165) is 32.4 Å². The summed E-state index contributed by atoms with van der Waals surface area (Å²) in [6.45, 7) is 6.00. The van der Waals surface area contributed by atoms with Crippen molar-refractivity contribution in [3.63, 3.8) is 0 Å². The van der Waals surface area contributed by atoms with Gasteiger partial charge in [0.05, 0.1) is 0 Å². The van der Waals surface area contributed by atoms with E-state index in [2.05, 4.69) is 24.5 Å². The highest BCUT2D eigenvalue weighted by atomic mass is 16.5. The average molecular weight is 359 g/mol. The zero-order valence-corrected chi connectivity index (χ0v) is 15.7. The highest BCUT2D eigenvalue weighted by molar-refractivity contribution is 5.94. The second kappa shape index (κ2) is 8.54. The van der Waals surface area contributed by atoms with Crippen LogP contribution >= 0.6 is 0 Å². The standard InChI is InChI=1S/C20H29N3O3/c1-14-4-3-5-15(2)23(14)19(24)13-26-18-8-6-16(7-9-18)20(25)22-17-10-11-21-12-17/h6-9,14-15,17,21H,3-5,10-13H2,1-2H3,(H,22,25). The van der Waals surface area contributed by atoms with Gasteiger partial charge in [-0.25, -0.2) is 0 Å². The molecule has 3 atom stereocenters. The highest BCUT2D eigenvalue weighted by Gasteiger charge is 2.29. The Labute approximate surface area is 155 Å². The van der Waals surface area contributed by atoms with Gasteiger partial charge in [-0.15, -0.1) is 0 Å². The minimum Gasteiger partial charge on any atom is -0.484 e. The van der Waals surface area contributed by atoms with E-state index in [1.165, 1.54) is 6.42 Å². The summed E-state index contributed by atoms with van der Waals surface area (Å²) < 4.78 is 5.65. The molecule has 0 aliphatic carbocycles.